The van der Waals surface area contributed by atoms with Crippen LogP contribution in [-0.4, -0.2) is 50.1 Å². The third-order valence-electron chi connectivity index (χ3n) is 8.53. The third-order valence-corrected chi connectivity index (χ3v) is 8.53. The van der Waals surface area contributed by atoms with Crippen molar-refractivity contribution in [3.05, 3.63) is 65.9 Å². The van der Waals surface area contributed by atoms with Gasteiger partial charge in [-0.2, -0.15) is 0 Å². The molecule has 1 heterocycles. The second kappa shape index (κ2) is 11.7. The van der Waals surface area contributed by atoms with Gasteiger partial charge in [-0.1, -0.05) is 37.3 Å². The lowest BCUT2D eigenvalue weighted by Gasteiger charge is -2.33. The zero-order valence-corrected chi connectivity index (χ0v) is 21.3. The molecule has 2 saturated carbocycles. The van der Waals surface area contributed by atoms with Crippen molar-refractivity contribution in [2.45, 2.75) is 45.6 Å². The first-order valence-corrected chi connectivity index (χ1v) is 13.6. The number of benzene rings is 1. The van der Waals surface area contributed by atoms with E-state index in [9.17, 15) is 0 Å². The van der Waals surface area contributed by atoms with Gasteiger partial charge in [0, 0.05) is 44.6 Å². The lowest BCUT2D eigenvalue weighted by molar-refractivity contribution is 0.0384. The van der Waals surface area contributed by atoms with E-state index in [4.69, 9.17) is 9.73 Å². The third kappa shape index (κ3) is 6.32. The van der Waals surface area contributed by atoms with Crippen LogP contribution in [0, 0.1) is 23.7 Å². The van der Waals surface area contributed by atoms with Gasteiger partial charge in [0.1, 0.15) is 5.84 Å². The summed E-state index contributed by atoms with van der Waals surface area (Å²) < 4.78 is 5.41. The minimum absolute atomic E-state index is 0.611. The zero-order chi connectivity index (χ0) is 24.0. The van der Waals surface area contributed by atoms with Crippen LogP contribution in [0.4, 0.5) is 5.69 Å². The van der Waals surface area contributed by atoms with E-state index in [1.165, 1.54) is 42.4 Å². The number of nitrogens with zero attached hydrogens (tertiary/aromatic N) is 2. The highest BCUT2D eigenvalue weighted by Crippen LogP contribution is 2.54. The Morgan fingerprint density at radius 2 is 2.00 bits per heavy atom. The van der Waals surface area contributed by atoms with Crippen LogP contribution in [0.1, 0.15) is 44.6 Å². The first-order chi connectivity index (χ1) is 17.2. The lowest BCUT2D eigenvalue weighted by atomic mass is 9.71. The molecule has 2 N–H and O–H groups in total. The summed E-state index contributed by atoms with van der Waals surface area (Å²) in [5, 5.41) is 6.99. The average molecular weight is 475 g/mol. The lowest BCUT2D eigenvalue weighted by Crippen LogP contribution is -2.40. The molecular formula is C30H42N4O. The molecule has 1 aromatic carbocycles. The van der Waals surface area contributed by atoms with Gasteiger partial charge in [-0.15, -0.1) is 0 Å². The van der Waals surface area contributed by atoms with E-state index in [-0.39, 0.29) is 0 Å². The summed E-state index contributed by atoms with van der Waals surface area (Å²) in [5.74, 6) is 4.27. The van der Waals surface area contributed by atoms with Crippen LogP contribution < -0.4 is 10.6 Å². The minimum Gasteiger partial charge on any atom is -0.379 e. The quantitative estimate of drug-likeness (QED) is 0.301. The van der Waals surface area contributed by atoms with Gasteiger partial charge in [0.05, 0.1) is 13.2 Å². The smallest absolute Gasteiger partial charge is 0.103 e. The van der Waals surface area contributed by atoms with Crippen LogP contribution in [0.3, 0.4) is 0 Å². The Balaban J connectivity index is 1.09. The zero-order valence-electron chi connectivity index (χ0n) is 21.3. The molecule has 0 aromatic heterocycles. The second-order valence-corrected chi connectivity index (χ2v) is 10.9. The number of hydrogen-bond acceptors (Lipinski definition) is 4. The standard InChI is InChI=1S/C30H42N4O/c1-22-27(4-3-5-29(22)30-19-25-6-9-26(30)18-25)21-32-23(2)33-28-10-7-24(8-11-28)20-31-12-13-34-14-16-35-17-15-34/h3-4,7-8,10-11,21,25-26,29-31H,1,5-6,9,12-20H2,2H3,(H,32,33)/b27-21-/t25-,26?,29?,30+/m1/s1. The number of fused-ring (bicyclic) bond motifs is 2. The maximum absolute atomic E-state index is 5.41. The molecule has 1 aromatic rings. The molecule has 1 aliphatic heterocycles. The maximum Gasteiger partial charge on any atom is 0.103 e. The largest absolute Gasteiger partial charge is 0.379 e. The molecular weight excluding hydrogens is 432 g/mol. The van der Waals surface area contributed by atoms with Crippen LogP contribution in [0.25, 0.3) is 0 Å². The van der Waals surface area contributed by atoms with Crippen molar-refractivity contribution in [1.29, 1.82) is 0 Å². The van der Waals surface area contributed by atoms with Gasteiger partial charge >= 0.3 is 0 Å². The highest BCUT2D eigenvalue weighted by Gasteiger charge is 2.43. The van der Waals surface area contributed by atoms with Gasteiger partial charge in [0.2, 0.25) is 0 Å². The fourth-order valence-corrected chi connectivity index (χ4v) is 6.56. The summed E-state index contributed by atoms with van der Waals surface area (Å²) in [5.41, 5.74) is 4.86. The van der Waals surface area contributed by atoms with Crippen molar-refractivity contribution in [2.24, 2.45) is 28.7 Å². The van der Waals surface area contributed by atoms with Crippen molar-refractivity contribution >= 4 is 11.5 Å². The van der Waals surface area contributed by atoms with E-state index < -0.39 is 0 Å². The average Bonchev–Trinajstić information content (AvgIpc) is 3.52. The predicted molar refractivity (Wildman–Crippen MR) is 146 cm³/mol. The van der Waals surface area contributed by atoms with Gasteiger partial charge in [-0.05, 0) is 85.1 Å². The van der Waals surface area contributed by atoms with E-state index in [1.807, 2.05) is 13.1 Å². The molecule has 5 heteroatoms. The summed E-state index contributed by atoms with van der Waals surface area (Å²) >= 11 is 0. The fourth-order valence-electron chi connectivity index (χ4n) is 6.56. The summed E-state index contributed by atoms with van der Waals surface area (Å²) in [6.45, 7) is 13.3. The molecule has 2 bridgehead atoms. The summed E-state index contributed by atoms with van der Waals surface area (Å²) in [7, 11) is 0. The number of rotatable bonds is 8. The highest BCUT2D eigenvalue weighted by molar-refractivity contribution is 5.93. The van der Waals surface area contributed by atoms with Crippen LogP contribution >= 0.6 is 0 Å². The van der Waals surface area contributed by atoms with Crippen LogP contribution in [0.5, 0.6) is 0 Å². The molecule has 1 saturated heterocycles. The highest BCUT2D eigenvalue weighted by atomic mass is 16.5. The van der Waals surface area contributed by atoms with E-state index in [2.05, 4.69) is 58.5 Å². The molecule has 0 amide bonds. The van der Waals surface area contributed by atoms with Crippen molar-refractivity contribution in [3.8, 4) is 0 Å². The Morgan fingerprint density at radius 3 is 2.74 bits per heavy atom. The molecule has 188 valence electrons. The van der Waals surface area contributed by atoms with Crippen LogP contribution in [0.15, 0.2) is 65.3 Å². The molecule has 4 atom stereocenters. The number of ether oxygens (including phenoxy) is 1. The van der Waals surface area contributed by atoms with Gasteiger partial charge in [-0.25, -0.2) is 4.99 Å². The van der Waals surface area contributed by atoms with E-state index in [0.29, 0.717) is 5.92 Å². The molecule has 4 aliphatic rings. The number of nitrogens with one attached hydrogen (secondary N) is 2. The molecule has 5 rings (SSSR count). The summed E-state index contributed by atoms with van der Waals surface area (Å²) in [6, 6.07) is 8.63. The topological polar surface area (TPSA) is 48.9 Å². The molecule has 0 radical (unpaired) electrons. The van der Waals surface area contributed by atoms with Crippen molar-refractivity contribution in [2.75, 3.05) is 44.7 Å². The Kier molecular flexibility index (Phi) is 8.17. The molecule has 3 fully saturated rings. The SMILES string of the molecule is C=C1/C(=C\N=C(C)Nc2ccc(CNCCN3CCOCC3)cc2)C=CCC1[C@H]1C[C@@H]2CCC1C2. The predicted octanol–water partition coefficient (Wildman–Crippen LogP) is 5.39. The monoisotopic (exact) mass is 474 g/mol. The first kappa shape index (κ1) is 24.5. The van der Waals surface area contributed by atoms with Crippen LogP contribution in [-0.2, 0) is 11.3 Å². The first-order valence-electron chi connectivity index (χ1n) is 13.6. The van der Waals surface area contributed by atoms with Crippen molar-refractivity contribution in [3.63, 3.8) is 0 Å². The molecule has 35 heavy (non-hydrogen) atoms. The van der Waals surface area contributed by atoms with Crippen molar-refractivity contribution in [1.82, 2.24) is 10.2 Å². The number of aliphatic imine (C=N–C) groups is 1. The second-order valence-electron chi connectivity index (χ2n) is 10.9. The van der Waals surface area contributed by atoms with Gasteiger partial charge in [-0.3, -0.25) is 4.90 Å². The van der Waals surface area contributed by atoms with E-state index in [1.54, 1.807) is 0 Å². The Morgan fingerprint density at radius 1 is 1.17 bits per heavy atom. The van der Waals surface area contributed by atoms with E-state index >= 15 is 0 Å². The van der Waals surface area contributed by atoms with Gasteiger partial charge in [0.25, 0.3) is 0 Å². The van der Waals surface area contributed by atoms with E-state index in [0.717, 1.165) is 81.6 Å². The molecule has 3 aliphatic carbocycles. The number of allylic oxidation sites excluding steroid dienone is 4. The van der Waals surface area contributed by atoms with Gasteiger partial charge < -0.3 is 15.4 Å². The normalized spacial score (nSPS) is 30.4. The number of amidine groups is 1. The Labute approximate surface area is 211 Å². The molecule has 2 unspecified atom stereocenters. The molecule has 0 spiro atoms. The number of anilines is 1. The van der Waals surface area contributed by atoms with Crippen LogP contribution in [0.2, 0.25) is 0 Å². The van der Waals surface area contributed by atoms with Gasteiger partial charge in [0.15, 0.2) is 0 Å². The number of hydrogen-bond donors (Lipinski definition) is 2. The summed E-state index contributed by atoms with van der Waals surface area (Å²) in [6.07, 6.45) is 13.5. The Hall–Kier alpha value is -2.21. The number of morpholine rings is 1. The minimum atomic E-state index is 0.611. The van der Waals surface area contributed by atoms with Crippen molar-refractivity contribution < 1.29 is 4.74 Å². The summed E-state index contributed by atoms with van der Waals surface area (Å²) in [4.78, 5) is 7.19. The Bertz CT molecular complexity index is 957. The maximum atomic E-state index is 5.41. The molecule has 5 nitrogen and oxygen atoms in total. The fraction of sp³-hybridized carbons (Fsp3) is 0.567.